The Bertz CT molecular complexity index is 448. The van der Waals surface area contributed by atoms with Crippen LogP contribution in [0.15, 0.2) is 40.3 Å². The Labute approximate surface area is 104 Å². The monoisotopic (exact) mass is 249 g/mol. The van der Waals surface area contributed by atoms with Gasteiger partial charge in [0.25, 0.3) is 0 Å². The molecule has 0 bridgehead atoms. The van der Waals surface area contributed by atoms with Crippen LogP contribution in [0.25, 0.3) is 0 Å². The van der Waals surface area contributed by atoms with Gasteiger partial charge in [-0.05, 0) is 30.5 Å². The summed E-state index contributed by atoms with van der Waals surface area (Å²) in [7, 11) is 0. The Hall–Kier alpha value is -1.55. The fourth-order valence-electron chi connectivity index (χ4n) is 1.68. The van der Waals surface area contributed by atoms with E-state index in [2.05, 4.69) is 5.32 Å². The first kappa shape index (κ1) is 11.9. The van der Waals surface area contributed by atoms with Crippen LogP contribution in [0.1, 0.15) is 17.6 Å². The van der Waals surface area contributed by atoms with Crippen molar-refractivity contribution < 1.29 is 9.21 Å². The van der Waals surface area contributed by atoms with Gasteiger partial charge in [0.1, 0.15) is 5.76 Å². The van der Waals surface area contributed by atoms with Crippen molar-refractivity contribution >= 4 is 17.2 Å². The minimum atomic E-state index is 0.0616. The van der Waals surface area contributed by atoms with Crippen LogP contribution in [0.2, 0.25) is 0 Å². The SMILES string of the molecule is C[C@H](Cc1ccco1)NC(=O)Cc1cccs1. The Kier molecular flexibility index (Phi) is 3.98. The first-order chi connectivity index (χ1) is 8.24. The minimum absolute atomic E-state index is 0.0616. The van der Waals surface area contributed by atoms with Crippen molar-refractivity contribution in [2.24, 2.45) is 0 Å². The molecule has 0 saturated carbocycles. The molecule has 3 nitrogen and oxygen atoms in total. The summed E-state index contributed by atoms with van der Waals surface area (Å²) in [6.45, 7) is 1.98. The lowest BCUT2D eigenvalue weighted by Gasteiger charge is -2.11. The van der Waals surface area contributed by atoms with E-state index in [9.17, 15) is 4.79 Å². The van der Waals surface area contributed by atoms with Crippen molar-refractivity contribution in [3.63, 3.8) is 0 Å². The molecule has 0 aliphatic heterocycles. The summed E-state index contributed by atoms with van der Waals surface area (Å²) >= 11 is 1.60. The van der Waals surface area contributed by atoms with Crippen LogP contribution in [0, 0.1) is 0 Å². The minimum Gasteiger partial charge on any atom is -0.469 e. The maximum absolute atomic E-state index is 11.7. The highest BCUT2D eigenvalue weighted by Gasteiger charge is 2.10. The lowest BCUT2D eigenvalue weighted by atomic mass is 10.2. The van der Waals surface area contributed by atoms with E-state index in [1.54, 1.807) is 17.6 Å². The van der Waals surface area contributed by atoms with Gasteiger partial charge in [0, 0.05) is 17.3 Å². The van der Waals surface area contributed by atoms with Gasteiger partial charge in [-0.1, -0.05) is 6.07 Å². The predicted molar refractivity (Wildman–Crippen MR) is 68.0 cm³/mol. The molecular formula is C13H15NO2S. The van der Waals surface area contributed by atoms with Crippen molar-refractivity contribution in [1.29, 1.82) is 0 Å². The van der Waals surface area contributed by atoms with Crippen molar-refractivity contribution in [3.8, 4) is 0 Å². The van der Waals surface area contributed by atoms with Gasteiger partial charge in [-0.25, -0.2) is 0 Å². The molecule has 4 heteroatoms. The largest absolute Gasteiger partial charge is 0.469 e. The molecule has 2 heterocycles. The Morgan fingerprint density at radius 1 is 1.47 bits per heavy atom. The zero-order valence-corrected chi connectivity index (χ0v) is 10.5. The molecule has 2 aromatic rings. The molecule has 2 aromatic heterocycles. The number of nitrogens with one attached hydrogen (secondary N) is 1. The number of thiophene rings is 1. The number of hydrogen-bond donors (Lipinski definition) is 1. The summed E-state index contributed by atoms with van der Waals surface area (Å²) in [6, 6.07) is 7.80. The summed E-state index contributed by atoms with van der Waals surface area (Å²) in [5, 5.41) is 4.95. The summed E-state index contributed by atoms with van der Waals surface area (Å²) < 4.78 is 5.24. The first-order valence-electron chi connectivity index (χ1n) is 5.58. The van der Waals surface area contributed by atoms with E-state index in [1.807, 2.05) is 36.6 Å². The standard InChI is InChI=1S/C13H15NO2S/c1-10(8-11-4-2-6-16-11)14-13(15)9-12-5-3-7-17-12/h2-7,10H,8-9H2,1H3,(H,14,15)/t10-/m1/s1. The Balaban J connectivity index is 1.78. The van der Waals surface area contributed by atoms with Gasteiger partial charge >= 0.3 is 0 Å². The van der Waals surface area contributed by atoms with E-state index in [1.165, 1.54) is 0 Å². The molecule has 0 saturated heterocycles. The van der Waals surface area contributed by atoms with E-state index in [0.717, 1.165) is 17.1 Å². The molecule has 0 aromatic carbocycles. The van der Waals surface area contributed by atoms with Gasteiger partial charge in [-0.2, -0.15) is 0 Å². The number of hydrogen-bond acceptors (Lipinski definition) is 3. The highest BCUT2D eigenvalue weighted by atomic mass is 32.1. The smallest absolute Gasteiger partial charge is 0.225 e. The van der Waals surface area contributed by atoms with E-state index in [-0.39, 0.29) is 11.9 Å². The number of rotatable bonds is 5. The molecule has 0 unspecified atom stereocenters. The molecule has 0 spiro atoms. The van der Waals surface area contributed by atoms with Crippen LogP contribution in [0.5, 0.6) is 0 Å². The second-order valence-corrected chi connectivity index (χ2v) is 5.04. The Morgan fingerprint density at radius 3 is 3.00 bits per heavy atom. The zero-order chi connectivity index (χ0) is 12.1. The quantitative estimate of drug-likeness (QED) is 0.885. The molecule has 17 heavy (non-hydrogen) atoms. The van der Waals surface area contributed by atoms with Crippen LogP contribution in [-0.2, 0) is 17.6 Å². The zero-order valence-electron chi connectivity index (χ0n) is 9.68. The molecule has 0 aliphatic rings. The third-order valence-corrected chi connectivity index (χ3v) is 3.29. The normalized spacial score (nSPS) is 12.3. The second kappa shape index (κ2) is 5.68. The first-order valence-corrected chi connectivity index (χ1v) is 6.46. The molecule has 0 radical (unpaired) electrons. The van der Waals surface area contributed by atoms with Gasteiger partial charge < -0.3 is 9.73 Å². The summed E-state index contributed by atoms with van der Waals surface area (Å²) in [5.41, 5.74) is 0. The van der Waals surface area contributed by atoms with Crippen molar-refractivity contribution in [2.45, 2.75) is 25.8 Å². The number of carbonyl (C=O) groups excluding carboxylic acids is 1. The Morgan fingerprint density at radius 2 is 2.35 bits per heavy atom. The van der Waals surface area contributed by atoms with Gasteiger partial charge in [-0.15, -0.1) is 11.3 Å². The van der Waals surface area contributed by atoms with E-state index < -0.39 is 0 Å². The molecule has 1 atom stereocenters. The summed E-state index contributed by atoms with van der Waals surface area (Å²) in [4.78, 5) is 12.8. The third kappa shape index (κ3) is 3.75. The maximum Gasteiger partial charge on any atom is 0.225 e. The summed E-state index contributed by atoms with van der Waals surface area (Å²) in [6.07, 6.45) is 2.83. The average molecular weight is 249 g/mol. The van der Waals surface area contributed by atoms with Crippen LogP contribution in [0.3, 0.4) is 0 Å². The highest BCUT2D eigenvalue weighted by molar-refractivity contribution is 7.10. The van der Waals surface area contributed by atoms with Crippen molar-refractivity contribution in [2.75, 3.05) is 0 Å². The van der Waals surface area contributed by atoms with Crippen LogP contribution >= 0.6 is 11.3 Å². The lowest BCUT2D eigenvalue weighted by molar-refractivity contribution is -0.121. The maximum atomic E-state index is 11.7. The van der Waals surface area contributed by atoms with E-state index >= 15 is 0 Å². The van der Waals surface area contributed by atoms with Gasteiger partial charge in [0.15, 0.2) is 0 Å². The van der Waals surface area contributed by atoms with Crippen molar-refractivity contribution in [1.82, 2.24) is 5.32 Å². The van der Waals surface area contributed by atoms with Crippen LogP contribution < -0.4 is 5.32 Å². The number of carbonyl (C=O) groups is 1. The molecule has 1 N–H and O–H groups in total. The topological polar surface area (TPSA) is 42.2 Å². The predicted octanol–water partition coefficient (Wildman–Crippen LogP) is 2.63. The van der Waals surface area contributed by atoms with Gasteiger partial charge in [0.05, 0.1) is 12.7 Å². The average Bonchev–Trinajstić information content (AvgIpc) is 2.90. The molecular weight excluding hydrogens is 234 g/mol. The van der Waals surface area contributed by atoms with Crippen molar-refractivity contribution in [3.05, 3.63) is 46.5 Å². The van der Waals surface area contributed by atoms with Crippen LogP contribution in [0.4, 0.5) is 0 Å². The molecule has 90 valence electrons. The molecule has 0 fully saturated rings. The fraction of sp³-hybridized carbons (Fsp3) is 0.308. The number of furan rings is 1. The molecule has 2 rings (SSSR count). The summed E-state index contributed by atoms with van der Waals surface area (Å²) in [5.74, 6) is 0.959. The molecule has 1 amide bonds. The lowest BCUT2D eigenvalue weighted by Crippen LogP contribution is -2.34. The van der Waals surface area contributed by atoms with E-state index in [0.29, 0.717) is 6.42 Å². The van der Waals surface area contributed by atoms with E-state index in [4.69, 9.17) is 4.42 Å². The van der Waals surface area contributed by atoms with Gasteiger partial charge in [0.2, 0.25) is 5.91 Å². The van der Waals surface area contributed by atoms with Gasteiger partial charge in [-0.3, -0.25) is 4.79 Å². The second-order valence-electron chi connectivity index (χ2n) is 4.01. The third-order valence-electron chi connectivity index (χ3n) is 2.41. The highest BCUT2D eigenvalue weighted by Crippen LogP contribution is 2.09. The fourth-order valence-corrected chi connectivity index (χ4v) is 2.38. The van der Waals surface area contributed by atoms with Crippen LogP contribution in [-0.4, -0.2) is 11.9 Å². The molecule has 0 aliphatic carbocycles. The number of amides is 1.